The van der Waals surface area contributed by atoms with E-state index in [1.807, 2.05) is 4.90 Å². The molecule has 1 amide bonds. The number of hydrogen-bond donors (Lipinski definition) is 4. The minimum absolute atomic E-state index is 0.0542. The smallest absolute Gasteiger partial charge is 0.354 e. The van der Waals surface area contributed by atoms with Crippen LogP contribution in [-0.4, -0.2) is 68.5 Å². The molecule has 2 aromatic rings. The van der Waals surface area contributed by atoms with E-state index in [0.717, 1.165) is 0 Å². The highest BCUT2D eigenvalue weighted by Crippen LogP contribution is 2.29. The largest absolute Gasteiger partial charge is 0.477 e. The first-order valence-electron chi connectivity index (χ1n) is 9.25. The lowest BCUT2D eigenvalue weighted by Gasteiger charge is -2.33. The molecule has 0 spiro atoms. The van der Waals surface area contributed by atoms with Gasteiger partial charge in [0.05, 0.1) is 16.7 Å². The Kier molecular flexibility index (Phi) is 7.45. The fourth-order valence-corrected chi connectivity index (χ4v) is 4.14. The van der Waals surface area contributed by atoms with Gasteiger partial charge in [0.2, 0.25) is 0 Å². The number of aliphatic hydroxyl groups excluding tert-OH is 1. The number of carboxylic acid groups (broad SMARTS) is 1. The van der Waals surface area contributed by atoms with Crippen molar-refractivity contribution in [1.29, 1.82) is 0 Å². The lowest BCUT2D eigenvalue weighted by Crippen LogP contribution is -2.45. The van der Waals surface area contributed by atoms with Crippen molar-refractivity contribution in [3.63, 3.8) is 0 Å². The van der Waals surface area contributed by atoms with Gasteiger partial charge >= 0.3 is 5.97 Å². The number of carboxylic acids is 1. The fraction of sp³-hybridized carbons (Fsp3) is 0.444. The number of carbonyl (C=O) groups excluding carboxylic acids is 1. The van der Waals surface area contributed by atoms with Crippen molar-refractivity contribution in [2.45, 2.75) is 31.0 Å². The standard InChI is InChI=1S/C18H21Cl2N5O4S/c1-9-13(19)14(20)15(21-9)16(27)22-10-2-4-25(5-3-10)12-8-11(17(28)29)23-18(24-12)30-7-6-26/h8,10,21,26H,2-7H2,1H3,(H,22,27)(H,28,29). The Bertz CT molecular complexity index is 947. The number of nitrogens with one attached hydrogen (secondary N) is 2. The molecule has 3 heterocycles. The van der Waals surface area contributed by atoms with E-state index in [1.165, 1.54) is 17.8 Å². The molecule has 0 unspecified atom stereocenters. The highest BCUT2D eigenvalue weighted by atomic mass is 35.5. The summed E-state index contributed by atoms with van der Waals surface area (Å²) in [4.78, 5) is 37.2. The van der Waals surface area contributed by atoms with Gasteiger partial charge in [0.15, 0.2) is 10.9 Å². The summed E-state index contributed by atoms with van der Waals surface area (Å²) < 4.78 is 0. The van der Waals surface area contributed by atoms with Crippen molar-refractivity contribution in [2.75, 3.05) is 30.3 Å². The van der Waals surface area contributed by atoms with Crippen LogP contribution in [0.1, 0.15) is 39.5 Å². The zero-order valence-corrected chi connectivity index (χ0v) is 18.4. The van der Waals surface area contributed by atoms with Crippen LogP contribution in [0.5, 0.6) is 0 Å². The topological polar surface area (TPSA) is 131 Å². The molecule has 12 heteroatoms. The Morgan fingerprint density at radius 1 is 1.30 bits per heavy atom. The maximum atomic E-state index is 12.5. The van der Waals surface area contributed by atoms with Gasteiger partial charge in [-0.1, -0.05) is 35.0 Å². The summed E-state index contributed by atoms with van der Waals surface area (Å²) in [7, 11) is 0. The Morgan fingerprint density at radius 2 is 2.00 bits per heavy atom. The lowest BCUT2D eigenvalue weighted by molar-refractivity contribution is 0.0689. The minimum Gasteiger partial charge on any atom is -0.477 e. The zero-order valence-electron chi connectivity index (χ0n) is 16.1. The first-order chi connectivity index (χ1) is 14.3. The SMILES string of the molecule is Cc1[nH]c(C(=O)NC2CCN(c3cc(C(=O)O)nc(SCCO)n3)CC2)c(Cl)c1Cl. The summed E-state index contributed by atoms with van der Waals surface area (Å²) in [5, 5.41) is 22.1. The highest BCUT2D eigenvalue weighted by Gasteiger charge is 2.25. The van der Waals surface area contributed by atoms with Crippen LogP contribution in [0.4, 0.5) is 5.82 Å². The van der Waals surface area contributed by atoms with Crippen LogP contribution in [0.2, 0.25) is 10.0 Å². The molecule has 1 saturated heterocycles. The molecular weight excluding hydrogens is 453 g/mol. The van der Waals surface area contributed by atoms with E-state index in [4.69, 9.17) is 28.3 Å². The number of piperidine rings is 1. The molecule has 0 radical (unpaired) electrons. The first kappa shape index (κ1) is 22.7. The van der Waals surface area contributed by atoms with E-state index in [2.05, 4.69) is 20.3 Å². The molecule has 1 aliphatic heterocycles. The lowest BCUT2D eigenvalue weighted by atomic mass is 10.0. The van der Waals surface area contributed by atoms with Gasteiger partial charge in [0, 0.05) is 36.6 Å². The number of aliphatic hydroxyl groups is 1. The predicted molar refractivity (Wildman–Crippen MR) is 115 cm³/mol. The average Bonchev–Trinajstić information content (AvgIpc) is 3.00. The molecule has 162 valence electrons. The van der Waals surface area contributed by atoms with Gasteiger partial charge in [0.25, 0.3) is 5.91 Å². The number of amides is 1. The van der Waals surface area contributed by atoms with Crippen LogP contribution >= 0.6 is 35.0 Å². The second-order valence-corrected chi connectivity index (χ2v) is 8.58. The normalized spacial score (nSPS) is 14.7. The van der Waals surface area contributed by atoms with E-state index < -0.39 is 5.97 Å². The van der Waals surface area contributed by atoms with Gasteiger partial charge < -0.3 is 25.4 Å². The van der Waals surface area contributed by atoms with E-state index in [1.54, 1.807) is 6.92 Å². The maximum absolute atomic E-state index is 12.5. The molecule has 1 fully saturated rings. The van der Waals surface area contributed by atoms with E-state index >= 15 is 0 Å². The molecular formula is C18H21Cl2N5O4S. The minimum atomic E-state index is -1.14. The Morgan fingerprint density at radius 3 is 2.57 bits per heavy atom. The van der Waals surface area contributed by atoms with Gasteiger partial charge in [-0.15, -0.1) is 0 Å². The van der Waals surface area contributed by atoms with Gasteiger partial charge in [-0.05, 0) is 19.8 Å². The summed E-state index contributed by atoms with van der Waals surface area (Å²) in [6, 6.07) is 1.38. The molecule has 4 N–H and O–H groups in total. The molecule has 1 aliphatic rings. The third kappa shape index (κ3) is 5.18. The van der Waals surface area contributed by atoms with Crippen LogP contribution in [-0.2, 0) is 0 Å². The molecule has 0 saturated carbocycles. The Labute approximate surface area is 187 Å². The molecule has 2 aromatic heterocycles. The summed E-state index contributed by atoms with van der Waals surface area (Å²) in [5.41, 5.74) is 0.785. The Balaban J connectivity index is 1.65. The molecule has 3 rings (SSSR count). The third-order valence-corrected chi connectivity index (χ3v) is 6.44. The number of carbonyl (C=O) groups is 2. The molecule has 30 heavy (non-hydrogen) atoms. The van der Waals surface area contributed by atoms with Gasteiger partial charge in [0.1, 0.15) is 11.5 Å². The number of hydrogen-bond acceptors (Lipinski definition) is 7. The quantitative estimate of drug-likeness (QED) is 0.356. The van der Waals surface area contributed by atoms with Crippen molar-refractivity contribution in [3.8, 4) is 0 Å². The van der Waals surface area contributed by atoms with E-state index in [-0.39, 0.29) is 35.0 Å². The van der Waals surface area contributed by atoms with Gasteiger partial charge in [-0.25, -0.2) is 14.8 Å². The number of aromatic nitrogens is 3. The number of rotatable bonds is 7. The van der Waals surface area contributed by atoms with Crippen molar-refractivity contribution < 1.29 is 19.8 Å². The van der Waals surface area contributed by atoms with Crippen molar-refractivity contribution >= 4 is 52.7 Å². The second kappa shape index (κ2) is 9.86. The summed E-state index contributed by atoms with van der Waals surface area (Å²) in [6.45, 7) is 2.86. The van der Waals surface area contributed by atoms with Crippen LogP contribution < -0.4 is 10.2 Å². The number of aryl methyl sites for hydroxylation is 1. The fourth-order valence-electron chi connectivity index (χ4n) is 3.12. The summed E-state index contributed by atoms with van der Waals surface area (Å²) >= 11 is 13.3. The monoisotopic (exact) mass is 473 g/mol. The van der Waals surface area contributed by atoms with Gasteiger partial charge in [-0.2, -0.15) is 0 Å². The van der Waals surface area contributed by atoms with Crippen LogP contribution in [0.25, 0.3) is 0 Å². The zero-order chi connectivity index (χ0) is 21.8. The molecule has 0 aliphatic carbocycles. The molecule has 0 aromatic carbocycles. The van der Waals surface area contributed by atoms with Crippen LogP contribution in [0, 0.1) is 6.92 Å². The number of aromatic carboxylic acids is 1. The average molecular weight is 474 g/mol. The number of nitrogens with zero attached hydrogens (tertiary/aromatic N) is 3. The predicted octanol–water partition coefficient (Wildman–Crippen LogP) is 2.60. The van der Waals surface area contributed by atoms with Crippen LogP contribution in [0.15, 0.2) is 11.2 Å². The van der Waals surface area contributed by atoms with Crippen molar-refractivity contribution in [1.82, 2.24) is 20.3 Å². The molecule has 9 nitrogen and oxygen atoms in total. The van der Waals surface area contributed by atoms with Crippen molar-refractivity contribution in [3.05, 3.63) is 33.2 Å². The summed E-state index contributed by atoms with van der Waals surface area (Å²) in [6.07, 6.45) is 1.31. The van der Waals surface area contributed by atoms with E-state index in [0.29, 0.717) is 53.4 Å². The molecule has 0 bridgehead atoms. The third-order valence-electron chi connectivity index (χ3n) is 4.67. The number of aromatic amines is 1. The number of H-pyrrole nitrogens is 1. The van der Waals surface area contributed by atoms with Crippen molar-refractivity contribution in [2.24, 2.45) is 0 Å². The highest BCUT2D eigenvalue weighted by molar-refractivity contribution is 7.99. The second-order valence-electron chi connectivity index (χ2n) is 6.76. The number of halogens is 2. The molecule has 0 atom stereocenters. The number of anilines is 1. The Hall–Kier alpha value is -2.01. The first-order valence-corrected chi connectivity index (χ1v) is 11.0. The summed E-state index contributed by atoms with van der Waals surface area (Å²) in [5.74, 6) is -0.557. The maximum Gasteiger partial charge on any atom is 0.354 e. The van der Waals surface area contributed by atoms with Gasteiger partial charge in [-0.3, -0.25) is 4.79 Å². The van der Waals surface area contributed by atoms with E-state index in [9.17, 15) is 14.7 Å². The van der Waals surface area contributed by atoms with Crippen LogP contribution in [0.3, 0.4) is 0 Å². The number of thioether (sulfide) groups is 1.